The van der Waals surface area contributed by atoms with E-state index in [4.69, 9.17) is 0 Å². The Morgan fingerprint density at radius 1 is 1.41 bits per heavy atom. The van der Waals surface area contributed by atoms with Crippen molar-refractivity contribution in [3.63, 3.8) is 0 Å². The zero-order valence-electron chi connectivity index (χ0n) is 15.4. The summed E-state index contributed by atoms with van der Waals surface area (Å²) >= 11 is 0. The third kappa shape index (κ3) is 4.60. The zero-order valence-corrected chi connectivity index (χ0v) is 15.4. The van der Waals surface area contributed by atoms with Crippen molar-refractivity contribution in [1.29, 1.82) is 0 Å². The molecule has 2 atom stereocenters. The summed E-state index contributed by atoms with van der Waals surface area (Å²) in [5.41, 5.74) is 0.561. The summed E-state index contributed by atoms with van der Waals surface area (Å²) in [4.78, 5) is 41.1. The summed E-state index contributed by atoms with van der Waals surface area (Å²) in [7, 11) is 0. The fourth-order valence-corrected chi connectivity index (χ4v) is 3.70. The van der Waals surface area contributed by atoms with E-state index in [2.05, 4.69) is 15.6 Å². The molecule has 0 radical (unpaired) electrons. The van der Waals surface area contributed by atoms with Crippen molar-refractivity contribution in [3.8, 4) is 0 Å². The van der Waals surface area contributed by atoms with Crippen LogP contribution < -0.4 is 10.6 Å². The summed E-state index contributed by atoms with van der Waals surface area (Å²) < 4.78 is 0. The van der Waals surface area contributed by atoms with E-state index in [0.29, 0.717) is 25.3 Å². The molecule has 2 aliphatic heterocycles. The van der Waals surface area contributed by atoms with Gasteiger partial charge in [0.05, 0.1) is 22.2 Å². The van der Waals surface area contributed by atoms with Crippen LogP contribution in [0.5, 0.6) is 0 Å². The maximum atomic E-state index is 12.9. The van der Waals surface area contributed by atoms with Crippen LogP contribution in [0, 0.1) is 23.0 Å². The average molecular weight is 375 g/mol. The van der Waals surface area contributed by atoms with Gasteiger partial charge >= 0.3 is 0 Å². The number of rotatable bonds is 5. The monoisotopic (exact) mass is 375 g/mol. The minimum Gasteiger partial charge on any atom is -0.354 e. The van der Waals surface area contributed by atoms with Gasteiger partial charge in [0.25, 0.3) is 11.6 Å². The quantitative estimate of drug-likeness (QED) is 0.586. The number of amides is 2. The molecule has 2 amide bonds. The van der Waals surface area contributed by atoms with Gasteiger partial charge in [-0.25, -0.2) is 0 Å². The molecule has 2 fully saturated rings. The van der Waals surface area contributed by atoms with Crippen molar-refractivity contribution >= 4 is 17.5 Å². The van der Waals surface area contributed by atoms with Crippen molar-refractivity contribution in [2.45, 2.75) is 38.6 Å². The van der Waals surface area contributed by atoms with Crippen LogP contribution in [0.2, 0.25) is 0 Å². The molecule has 1 aromatic heterocycles. The molecule has 2 saturated heterocycles. The van der Waals surface area contributed by atoms with Crippen LogP contribution in [-0.2, 0) is 4.79 Å². The molecule has 9 nitrogen and oxygen atoms in total. The standard InChI is InChI=1S/C18H25N5O4/c1-12-15(8-14(10-20-12)23(26)27)18(25)22-7-3-4-13(11-22)9-21-17(24)16-5-2-6-19-16/h8,10,13,16,19H,2-7,9,11H2,1H3,(H,21,24). The molecule has 0 aliphatic carbocycles. The van der Waals surface area contributed by atoms with E-state index in [1.165, 1.54) is 6.07 Å². The predicted octanol–water partition coefficient (Wildman–Crippen LogP) is 1.02. The molecule has 0 saturated carbocycles. The SMILES string of the molecule is Cc1ncc([N+](=O)[O-])cc1C(=O)N1CCCC(CNC(=O)C2CCCN2)C1. The van der Waals surface area contributed by atoms with E-state index >= 15 is 0 Å². The van der Waals surface area contributed by atoms with Gasteiger partial charge < -0.3 is 15.5 Å². The first-order chi connectivity index (χ1) is 13.0. The number of nitrogens with one attached hydrogen (secondary N) is 2. The summed E-state index contributed by atoms with van der Waals surface area (Å²) in [5, 5.41) is 17.1. The minimum absolute atomic E-state index is 0.0229. The first kappa shape index (κ1) is 19.2. The third-order valence-corrected chi connectivity index (χ3v) is 5.26. The molecule has 0 bridgehead atoms. The average Bonchev–Trinajstić information content (AvgIpc) is 3.21. The highest BCUT2D eigenvalue weighted by atomic mass is 16.6. The number of aryl methyl sites for hydroxylation is 1. The predicted molar refractivity (Wildman–Crippen MR) is 98.3 cm³/mol. The maximum absolute atomic E-state index is 12.9. The number of carbonyl (C=O) groups excluding carboxylic acids is 2. The Kier molecular flexibility index (Phi) is 6.00. The van der Waals surface area contributed by atoms with Gasteiger partial charge in [0.15, 0.2) is 0 Å². The molecule has 146 valence electrons. The van der Waals surface area contributed by atoms with E-state index < -0.39 is 4.92 Å². The number of likely N-dealkylation sites (tertiary alicyclic amines) is 1. The molecule has 2 N–H and O–H groups in total. The lowest BCUT2D eigenvalue weighted by Crippen LogP contribution is -2.46. The van der Waals surface area contributed by atoms with E-state index in [1.54, 1.807) is 11.8 Å². The van der Waals surface area contributed by atoms with Crippen LogP contribution in [-0.4, -0.2) is 58.8 Å². The molecule has 2 aliphatic rings. The smallest absolute Gasteiger partial charge is 0.288 e. The van der Waals surface area contributed by atoms with Gasteiger partial charge in [-0.15, -0.1) is 0 Å². The fourth-order valence-electron chi connectivity index (χ4n) is 3.70. The third-order valence-electron chi connectivity index (χ3n) is 5.26. The topological polar surface area (TPSA) is 117 Å². The van der Waals surface area contributed by atoms with Crippen molar-refractivity contribution in [2.75, 3.05) is 26.2 Å². The van der Waals surface area contributed by atoms with Gasteiger partial charge in [-0.3, -0.25) is 24.7 Å². The lowest BCUT2D eigenvalue weighted by atomic mass is 9.97. The first-order valence-corrected chi connectivity index (χ1v) is 9.37. The second kappa shape index (κ2) is 8.43. The molecule has 3 rings (SSSR count). The molecule has 27 heavy (non-hydrogen) atoms. The van der Waals surface area contributed by atoms with Crippen LogP contribution in [0.15, 0.2) is 12.3 Å². The van der Waals surface area contributed by atoms with Gasteiger partial charge in [0, 0.05) is 25.7 Å². The number of pyridine rings is 1. The highest BCUT2D eigenvalue weighted by molar-refractivity contribution is 5.95. The van der Waals surface area contributed by atoms with Gasteiger partial charge in [-0.1, -0.05) is 0 Å². The number of aromatic nitrogens is 1. The molecule has 2 unspecified atom stereocenters. The molecule has 0 spiro atoms. The highest BCUT2D eigenvalue weighted by Crippen LogP contribution is 2.21. The zero-order chi connectivity index (χ0) is 19.4. The normalized spacial score (nSPS) is 22.5. The van der Waals surface area contributed by atoms with E-state index in [-0.39, 0.29) is 35.0 Å². The van der Waals surface area contributed by atoms with Crippen LogP contribution in [0.4, 0.5) is 5.69 Å². The van der Waals surface area contributed by atoms with Crippen LogP contribution in [0.25, 0.3) is 0 Å². The number of carbonyl (C=O) groups is 2. The Morgan fingerprint density at radius 3 is 2.93 bits per heavy atom. The van der Waals surface area contributed by atoms with Crippen LogP contribution >= 0.6 is 0 Å². The largest absolute Gasteiger partial charge is 0.354 e. The molecule has 0 aromatic carbocycles. The Bertz CT molecular complexity index is 732. The molecular formula is C18H25N5O4. The van der Waals surface area contributed by atoms with Crippen LogP contribution in [0.3, 0.4) is 0 Å². The van der Waals surface area contributed by atoms with Gasteiger partial charge in [0.2, 0.25) is 5.91 Å². The van der Waals surface area contributed by atoms with E-state index in [1.807, 2.05) is 0 Å². The van der Waals surface area contributed by atoms with Crippen molar-refractivity contribution < 1.29 is 14.5 Å². The Morgan fingerprint density at radius 2 is 2.22 bits per heavy atom. The number of hydrogen-bond acceptors (Lipinski definition) is 6. The van der Waals surface area contributed by atoms with E-state index in [0.717, 1.165) is 38.4 Å². The minimum atomic E-state index is -0.547. The summed E-state index contributed by atoms with van der Waals surface area (Å²) in [5.74, 6) is -0.0353. The van der Waals surface area contributed by atoms with Crippen LogP contribution in [0.1, 0.15) is 41.7 Å². The number of piperidine rings is 1. The summed E-state index contributed by atoms with van der Waals surface area (Å²) in [6.07, 6.45) is 4.82. The summed E-state index contributed by atoms with van der Waals surface area (Å²) in [6.45, 7) is 4.22. The van der Waals surface area contributed by atoms with Gasteiger partial charge in [-0.2, -0.15) is 0 Å². The molecule has 3 heterocycles. The second-order valence-electron chi connectivity index (χ2n) is 7.24. The van der Waals surface area contributed by atoms with Crippen molar-refractivity contribution in [1.82, 2.24) is 20.5 Å². The lowest BCUT2D eigenvalue weighted by Gasteiger charge is -2.33. The van der Waals surface area contributed by atoms with Gasteiger partial charge in [-0.05, 0) is 45.1 Å². The highest BCUT2D eigenvalue weighted by Gasteiger charge is 2.28. The summed E-state index contributed by atoms with van der Waals surface area (Å²) in [6, 6.07) is 1.19. The van der Waals surface area contributed by atoms with Gasteiger partial charge in [0.1, 0.15) is 6.20 Å². The number of hydrogen-bond donors (Lipinski definition) is 2. The molecule has 9 heteroatoms. The molecule has 1 aromatic rings. The second-order valence-corrected chi connectivity index (χ2v) is 7.24. The number of nitrogens with zero attached hydrogens (tertiary/aromatic N) is 3. The number of nitro groups is 1. The Labute approximate surface area is 157 Å². The fraction of sp³-hybridized carbons (Fsp3) is 0.611. The Hall–Kier alpha value is -2.55. The maximum Gasteiger partial charge on any atom is 0.288 e. The lowest BCUT2D eigenvalue weighted by molar-refractivity contribution is -0.385. The van der Waals surface area contributed by atoms with E-state index in [9.17, 15) is 19.7 Å². The first-order valence-electron chi connectivity index (χ1n) is 9.37. The van der Waals surface area contributed by atoms with Crippen molar-refractivity contribution in [3.05, 3.63) is 33.6 Å². The van der Waals surface area contributed by atoms with Crippen molar-refractivity contribution in [2.24, 2.45) is 5.92 Å². The molecular weight excluding hydrogens is 350 g/mol. The Balaban J connectivity index is 1.60.